The third-order valence-electron chi connectivity index (χ3n) is 3.37. The molecule has 1 aromatic heterocycles. The summed E-state index contributed by atoms with van der Waals surface area (Å²) in [4.78, 5) is 16.6. The highest BCUT2D eigenvalue weighted by Crippen LogP contribution is 2.31. The van der Waals surface area contributed by atoms with E-state index in [1.807, 2.05) is 54.6 Å². The molecule has 0 saturated carbocycles. The number of nitrogens with one attached hydrogen (secondary N) is 1. The average molecular weight is 324 g/mol. The quantitative estimate of drug-likeness (QED) is 0.777. The molecule has 1 N–H and O–H groups in total. The van der Waals surface area contributed by atoms with E-state index in [9.17, 15) is 4.79 Å². The van der Waals surface area contributed by atoms with Crippen LogP contribution in [0.2, 0.25) is 0 Å². The topological polar surface area (TPSA) is 51.2 Å². The van der Waals surface area contributed by atoms with E-state index in [1.165, 1.54) is 11.3 Å². The van der Waals surface area contributed by atoms with Crippen LogP contribution in [-0.2, 0) is 6.54 Å². The predicted molar refractivity (Wildman–Crippen MR) is 91.7 cm³/mol. The van der Waals surface area contributed by atoms with Gasteiger partial charge in [0.15, 0.2) is 0 Å². The number of rotatable bonds is 5. The molecule has 1 amide bonds. The molecule has 3 rings (SSSR count). The highest BCUT2D eigenvalue weighted by molar-refractivity contribution is 7.13. The van der Waals surface area contributed by atoms with Crippen molar-refractivity contribution in [2.75, 3.05) is 7.11 Å². The van der Waals surface area contributed by atoms with Gasteiger partial charge in [-0.3, -0.25) is 4.79 Å². The number of aromatic nitrogens is 1. The molecule has 1 heterocycles. The number of carbonyl (C=O) groups is 1. The summed E-state index contributed by atoms with van der Waals surface area (Å²) in [5, 5.41) is 5.42. The summed E-state index contributed by atoms with van der Waals surface area (Å²) < 4.78 is 5.34. The summed E-state index contributed by atoms with van der Waals surface area (Å²) in [7, 11) is 1.62. The lowest BCUT2D eigenvalue weighted by Crippen LogP contribution is -2.23. The van der Waals surface area contributed by atoms with Crippen LogP contribution < -0.4 is 10.1 Å². The SMILES string of the molecule is COc1ccccc1-c1nc(C(=O)NCc2ccccc2)cs1. The normalized spacial score (nSPS) is 10.3. The summed E-state index contributed by atoms with van der Waals surface area (Å²) in [5.41, 5.74) is 2.37. The van der Waals surface area contributed by atoms with Crippen LogP contribution in [0.4, 0.5) is 0 Å². The lowest BCUT2D eigenvalue weighted by atomic mass is 10.2. The molecule has 5 heteroatoms. The van der Waals surface area contributed by atoms with Crippen LogP contribution >= 0.6 is 11.3 Å². The zero-order valence-electron chi connectivity index (χ0n) is 12.7. The van der Waals surface area contributed by atoms with Crippen molar-refractivity contribution < 1.29 is 9.53 Å². The number of hydrogen-bond donors (Lipinski definition) is 1. The van der Waals surface area contributed by atoms with Crippen molar-refractivity contribution >= 4 is 17.2 Å². The number of benzene rings is 2. The molecule has 3 aromatic rings. The first-order chi connectivity index (χ1) is 11.3. The van der Waals surface area contributed by atoms with Crippen LogP contribution in [0.5, 0.6) is 5.75 Å². The summed E-state index contributed by atoms with van der Waals surface area (Å²) >= 11 is 1.43. The number of amides is 1. The first-order valence-corrected chi connectivity index (χ1v) is 8.07. The van der Waals surface area contributed by atoms with Crippen molar-refractivity contribution in [1.82, 2.24) is 10.3 Å². The van der Waals surface area contributed by atoms with Gasteiger partial charge in [0.2, 0.25) is 0 Å². The second-order valence-electron chi connectivity index (χ2n) is 4.91. The third-order valence-corrected chi connectivity index (χ3v) is 4.25. The number of methoxy groups -OCH3 is 1. The molecular weight excluding hydrogens is 308 g/mol. The van der Waals surface area contributed by atoms with E-state index in [4.69, 9.17) is 4.74 Å². The first kappa shape index (κ1) is 15.2. The Morgan fingerprint density at radius 2 is 1.87 bits per heavy atom. The molecule has 2 aromatic carbocycles. The lowest BCUT2D eigenvalue weighted by Gasteiger charge is -2.05. The number of para-hydroxylation sites is 1. The van der Waals surface area contributed by atoms with Gasteiger partial charge in [-0.05, 0) is 17.7 Å². The Hall–Kier alpha value is -2.66. The van der Waals surface area contributed by atoms with Crippen molar-refractivity contribution in [3.05, 3.63) is 71.2 Å². The number of nitrogens with zero attached hydrogens (tertiary/aromatic N) is 1. The molecule has 0 spiro atoms. The molecule has 0 fully saturated rings. The largest absolute Gasteiger partial charge is 0.496 e. The Morgan fingerprint density at radius 3 is 2.65 bits per heavy atom. The summed E-state index contributed by atoms with van der Waals surface area (Å²) in [6.45, 7) is 0.487. The standard InChI is InChI=1S/C18H16N2O2S/c1-22-16-10-6-5-9-14(16)18-20-15(12-23-18)17(21)19-11-13-7-3-2-4-8-13/h2-10,12H,11H2,1H3,(H,19,21). The zero-order chi connectivity index (χ0) is 16.1. The van der Waals surface area contributed by atoms with Crippen molar-refractivity contribution in [2.45, 2.75) is 6.54 Å². The minimum atomic E-state index is -0.175. The monoisotopic (exact) mass is 324 g/mol. The van der Waals surface area contributed by atoms with Gasteiger partial charge in [0.25, 0.3) is 5.91 Å². The molecule has 0 aliphatic heterocycles. The van der Waals surface area contributed by atoms with E-state index in [-0.39, 0.29) is 5.91 Å². The van der Waals surface area contributed by atoms with Crippen LogP contribution in [0.25, 0.3) is 10.6 Å². The fourth-order valence-corrected chi connectivity index (χ4v) is 3.02. The van der Waals surface area contributed by atoms with Crippen LogP contribution in [0, 0.1) is 0 Å². The molecule has 0 radical (unpaired) electrons. The Balaban J connectivity index is 1.72. The number of carbonyl (C=O) groups excluding carboxylic acids is 1. The van der Waals surface area contributed by atoms with Gasteiger partial charge in [-0.25, -0.2) is 4.98 Å². The maximum atomic E-state index is 12.2. The second kappa shape index (κ2) is 7.07. The summed E-state index contributed by atoms with van der Waals surface area (Å²) in [5.74, 6) is 0.573. The maximum absolute atomic E-state index is 12.2. The fraction of sp³-hybridized carbons (Fsp3) is 0.111. The number of hydrogen-bond acceptors (Lipinski definition) is 4. The van der Waals surface area contributed by atoms with Gasteiger partial charge in [-0.2, -0.15) is 0 Å². The fourth-order valence-electron chi connectivity index (χ4n) is 2.19. The van der Waals surface area contributed by atoms with E-state index in [0.29, 0.717) is 12.2 Å². The van der Waals surface area contributed by atoms with Gasteiger partial charge in [0, 0.05) is 11.9 Å². The van der Waals surface area contributed by atoms with Crippen LogP contribution in [0.1, 0.15) is 16.1 Å². The Kier molecular flexibility index (Phi) is 4.68. The van der Waals surface area contributed by atoms with E-state index in [1.54, 1.807) is 12.5 Å². The summed E-state index contributed by atoms with van der Waals surface area (Å²) in [6.07, 6.45) is 0. The molecule has 0 aliphatic carbocycles. The first-order valence-electron chi connectivity index (χ1n) is 7.19. The maximum Gasteiger partial charge on any atom is 0.271 e. The molecule has 0 atom stereocenters. The Labute approximate surface area is 138 Å². The summed E-state index contributed by atoms with van der Waals surface area (Å²) in [6, 6.07) is 17.4. The third kappa shape index (κ3) is 3.57. The number of ether oxygens (including phenoxy) is 1. The van der Waals surface area contributed by atoms with Gasteiger partial charge in [-0.1, -0.05) is 42.5 Å². The highest BCUT2D eigenvalue weighted by atomic mass is 32.1. The van der Waals surface area contributed by atoms with Crippen LogP contribution in [-0.4, -0.2) is 18.0 Å². The minimum absolute atomic E-state index is 0.175. The van der Waals surface area contributed by atoms with Crippen LogP contribution in [0.3, 0.4) is 0 Å². The Bertz CT molecular complexity index is 800. The van der Waals surface area contributed by atoms with Gasteiger partial charge in [-0.15, -0.1) is 11.3 Å². The zero-order valence-corrected chi connectivity index (χ0v) is 13.5. The van der Waals surface area contributed by atoms with Gasteiger partial charge >= 0.3 is 0 Å². The molecule has 0 aliphatic rings. The second-order valence-corrected chi connectivity index (χ2v) is 5.76. The average Bonchev–Trinajstić information content (AvgIpc) is 3.10. The van der Waals surface area contributed by atoms with Crippen molar-refractivity contribution in [1.29, 1.82) is 0 Å². The Morgan fingerprint density at radius 1 is 1.13 bits per heavy atom. The molecule has 116 valence electrons. The molecule has 4 nitrogen and oxygen atoms in total. The van der Waals surface area contributed by atoms with E-state index >= 15 is 0 Å². The van der Waals surface area contributed by atoms with Gasteiger partial charge < -0.3 is 10.1 Å². The smallest absolute Gasteiger partial charge is 0.271 e. The molecule has 0 bridgehead atoms. The highest BCUT2D eigenvalue weighted by Gasteiger charge is 2.14. The van der Waals surface area contributed by atoms with Gasteiger partial charge in [0.1, 0.15) is 16.5 Å². The lowest BCUT2D eigenvalue weighted by molar-refractivity contribution is 0.0946. The van der Waals surface area contributed by atoms with Crippen molar-refractivity contribution in [3.63, 3.8) is 0 Å². The van der Waals surface area contributed by atoms with Gasteiger partial charge in [0.05, 0.1) is 12.7 Å². The molecule has 0 unspecified atom stereocenters. The minimum Gasteiger partial charge on any atom is -0.496 e. The van der Waals surface area contributed by atoms with Crippen LogP contribution in [0.15, 0.2) is 60.0 Å². The van der Waals surface area contributed by atoms with E-state index < -0.39 is 0 Å². The molecule has 0 saturated heterocycles. The molecular formula is C18H16N2O2S. The van der Waals surface area contributed by atoms with E-state index in [0.717, 1.165) is 21.9 Å². The van der Waals surface area contributed by atoms with E-state index in [2.05, 4.69) is 10.3 Å². The molecule has 23 heavy (non-hydrogen) atoms. The predicted octanol–water partition coefficient (Wildman–Crippen LogP) is 3.75. The van der Waals surface area contributed by atoms with Crippen molar-refractivity contribution in [3.8, 4) is 16.3 Å². The number of thiazole rings is 1. The van der Waals surface area contributed by atoms with Crippen molar-refractivity contribution in [2.24, 2.45) is 0 Å².